The molecular weight excluding hydrogens is 545 g/mol. The Morgan fingerprint density at radius 2 is 1.81 bits per heavy atom. The molecule has 0 spiro atoms. The Morgan fingerprint density at radius 3 is 2.32 bits per heavy atom. The average molecular weight is 578 g/mol. The highest BCUT2D eigenvalue weighted by molar-refractivity contribution is 14.0. The van der Waals surface area contributed by atoms with Crippen LogP contribution in [0.4, 0.5) is 5.00 Å². The van der Waals surface area contributed by atoms with Crippen LogP contribution in [0, 0.1) is 0 Å². The second-order valence-corrected chi connectivity index (χ2v) is 10.5. The van der Waals surface area contributed by atoms with Crippen molar-refractivity contribution in [2.45, 2.75) is 31.3 Å². The topological polar surface area (TPSA) is 68.2 Å². The molecule has 0 aliphatic carbocycles. The molecular formula is C21H32IN5O2S2. The Bertz CT molecular complexity index is 939. The van der Waals surface area contributed by atoms with E-state index in [-0.39, 0.29) is 30.0 Å². The lowest BCUT2D eigenvalue weighted by molar-refractivity contribution is 0.373. The van der Waals surface area contributed by atoms with Gasteiger partial charge in [0.05, 0.1) is 9.90 Å². The Morgan fingerprint density at radius 1 is 1.16 bits per heavy atom. The predicted molar refractivity (Wildman–Crippen MR) is 140 cm³/mol. The summed E-state index contributed by atoms with van der Waals surface area (Å²) >= 11 is 1.77. The highest BCUT2D eigenvalue weighted by Crippen LogP contribution is 2.22. The molecule has 172 valence electrons. The summed E-state index contributed by atoms with van der Waals surface area (Å²) in [6.45, 7) is 8.09. The largest absolute Gasteiger partial charge is 0.360 e. The van der Waals surface area contributed by atoms with Crippen molar-refractivity contribution in [1.82, 2.24) is 14.5 Å². The number of hydrogen-bond donors (Lipinski definition) is 1. The number of hydrogen-bond acceptors (Lipinski definition) is 5. The van der Waals surface area contributed by atoms with Gasteiger partial charge in [-0.15, -0.1) is 35.3 Å². The summed E-state index contributed by atoms with van der Waals surface area (Å²) in [5.41, 5.74) is 1.01. The van der Waals surface area contributed by atoms with Crippen LogP contribution in [-0.4, -0.2) is 69.9 Å². The Labute approximate surface area is 207 Å². The summed E-state index contributed by atoms with van der Waals surface area (Å²) in [5, 5.41) is 6.83. The van der Waals surface area contributed by atoms with Crippen LogP contribution in [-0.2, 0) is 16.6 Å². The molecule has 1 aliphatic heterocycles. The maximum absolute atomic E-state index is 12.6. The van der Waals surface area contributed by atoms with Gasteiger partial charge in [0.2, 0.25) is 10.0 Å². The number of anilines is 1. The fraction of sp³-hybridized carbons (Fsp3) is 0.476. The molecule has 2 heterocycles. The molecule has 1 aliphatic rings. The van der Waals surface area contributed by atoms with Gasteiger partial charge < -0.3 is 15.1 Å². The van der Waals surface area contributed by atoms with Crippen LogP contribution in [0.25, 0.3) is 0 Å². The van der Waals surface area contributed by atoms with Gasteiger partial charge in [0, 0.05) is 52.9 Å². The molecule has 31 heavy (non-hydrogen) atoms. The highest BCUT2D eigenvalue weighted by atomic mass is 127. The maximum Gasteiger partial charge on any atom is 0.243 e. The number of piperazine rings is 1. The van der Waals surface area contributed by atoms with E-state index in [2.05, 4.69) is 37.6 Å². The average Bonchev–Trinajstić information content (AvgIpc) is 3.29. The van der Waals surface area contributed by atoms with Crippen LogP contribution in [0.5, 0.6) is 0 Å². The number of benzene rings is 1. The van der Waals surface area contributed by atoms with Gasteiger partial charge in [0.25, 0.3) is 0 Å². The van der Waals surface area contributed by atoms with E-state index < -0.39 is 10.0 Å². The van der Waals surface area contributed by atoms with Gasteiger partial charge in [-0.05, 0) is 49.1 Å². The predicted octanol–water partition coefficient (Wildman–Crippen LogP) is 3.29. The molecule has 3 rings (SSSR count). The first-order valence-electron chi connectivity index (χ1n) is 10.1. The van der Waals surface area contributed by atoms with Gasteiger partial charge in [-0.3, -0.25) is 4.99 Å². The molecule has 7 nitrogen and oxygen atoms in total. The monoisotopic (exact) mass is 577 g/mol. The van der Waals surface area contributed by atoms with E-state index in [9.17, 15) is 8.42 Å². The fourth-order valence-electron chi connectivity index (χ4n) is 3.32. The standard InChI is InChI=1S/C21H31N5O2S2.HI/c1-17(2)24(4)30(27,28)19-9-7-18(8-10-19)16-23-21(22-3)26-13-11-25(12-14-26)20-6-5-15-29-20;/h5-10,15,17H,11-14,16H2,1-4H3,(H,22,23);1H. The van der Waals surface area contributed by atoms with Crippen molar-refractivity contribution < 1.29 is 8.42 Å². The first kappa shape index (κ1) is 25.9. The van der Waals surface area contributed by atoms with Gasteiger partial charge >= 0.3 is 0 Å². The molecule has 0 unspecified atom stereocenters. The zero-order valence-electron chi connectivity index (χ0n) is 18.5. The van der Waals surface area contributed by atoms with Crippen molar-refractivity contribution in [2.24, 2.45) is 4.99 Å². The second kappa shape index (κ2) is 11.5. The quantitative estimate of drug-likeness (QED) is 0.325. The molecule has 0 saturated carbocycles. The molecule has 1 aromatic carbocycles. The van der Waals surface area contributed by atoms with Crippen molar-refractivity contribution in [1.29, 1.82) is 0 Å². The molecule has 10 heteroatoms. The normalized spacial score (nSPS) is 15.4. The minimum absolute atomic E-state index is 0. The lowest BCUT2D eigenvalue weighted by Crippen LogP contribution is -2.52. The summed E-state index contributed by atoms with van der Waals surface area (Å²) in [4.78, 5) is 9.41. The lowest BCUT2D eigenvalue weighted by Gasteiger charge is -2.37. The van der Waals surface area contributed by atoms with Gasteiger partial charge in [-0.2, -0.15) is 4.31 Å². The molecule has 0 atom stereocenters. The molecule has 1 aromatic heterocycles. The van der Waals surface area contributed by atoms with Crippen molar-refractivity contribution in [3.05, 3.63) is 47.3 Å². The van der Waals surface area contributed by atoms with Crippen molar-refractivity contribution in [3.8, 4) is 0 Å². The molecule has 2 aromatic rings. The third kappa shape index (κ3) is 6.33. The van der Waals surface area contributed by atoms with E-state index in [4.69, 9.17) is 0 Å². The number of aliphatic imine (C=N–C) groups is 1. The Kier molecular flexibility index (Phi) is 9.59. The number of thiophene rings is 1. The van der Waals surface area contributed by atoms with Crippen LogP contribution < -0.4 is 10.2 Å². The van der Waals surface area contributed by atoms with Gasteiger partial charge in [0.15, 0.2) is 5.96 Å². The highest BCUT2D eigenvalue weighted by Gasteiger charge is 2.23. The summed E-state index contributed by atoms with van der Waals surface area (Å²) < 4.78 is 26.6. The van der Waals surface area contributed by atoms with Crippen molar-refractivity contribution in [3.63, 3.8) is 0 Å². The fourth-order valence-corrected chi connectivity index (χ4v) is 5.48. The summed E-state index contributed by atoms with van der Waals surface area (Å²) in [5.74, 6) is 0.872. The first-order chi connectivity index (χ1) is 14.3. The first-order valence-corrected chi connectivity index (χ1v) is 12.5. The van der Waals surface area contributed by atoms with Crippen LogP contribution in [0.1, 0.15) is 19.4 Å². The van der Waals surface area contributed by atoms with Crippen molar-refractivity contribution in [2.75, 3.05) is 45.2 Å². The molecule has 1 N–H and O–H groups in total. The molecule has 0 radical (unpaired) electrons. The van der Waals surface area contributed by atoms with E-state index in [1.807, 2.05) is 26.0 Å². The summed E-state index contributed by atoms with van der Waals surface area (Å²) in [7, 11) is -0.0490. The number of rotatable bonds is 6. The number of guanidine groups is 1. The smallest absolute Gasteiger partial charge is 0.243 e. The van der Waals surface area contributed by atoms with Crippen LogP contribution in [0.3, 0.4) is 0 Å². The Hall–Kier alpha value is -1.37. The third-order valence-electron chi connectivity index (χ3n) is 5.39. The molecule has 1 fully saturated rings. The van der Waals surface area contributed by atoms with Gasteiger partial charge in [-0.25, -0.2) is 8.42 Å². The van der Waals surface area contributed by atoms with Crippen molar-refractivity contribution >= 4 is 56.3 Å². The van der Waals surface area contributed by atoms with Crippen LogP contribution in [0.15, 0.2) is 51.7 Å². The Balaban J connectivity index is 0.00000341. The minimum Gasteiger partial charge on any atom is -0.360 e. The van der Waals surface area contributed by atoms with Gasteiger partial charge in [-0.1, -0.05) is 12.1 Å². The number of nitrogens with one attached hydrogen (secondary N) is 1. The SMILES string of the molecule is CN=C(NCc1ccc(S(=O)(=O)N(C)C(C)C)cc1)N1CCN(c2cccs2)CC1.I. The van der Waals surface area contributed by atoms with E-state index in [1.165, 1.54) is 9.31 Å². The minimum atomic E-state index is -3.45. The maximum atomic E-state index is 12.6. The summed E-state index contributed by atoms with van der Waals surface area (Å²) in [6, 6.07) is 11.2. The number of nitrogens with zero attached hydrogens (tertiary/aromatic N) is 4. The van der Waals surface area contributed by atoms with Crippen LogP contribution in [0.2, 0.25) is 0 Å². The van der Waals surface area contributed by atoms with E-state index in [0.717, 1.165) is 37.7 Å². The number of sulfonamides is 1. The van der Waals surface area contributed by atoms with Crippen LogP contribution >= 0.6 is 35.3 Å². The van der Waals surface area contributed by atoms with Gasteiger partial charge in [0.1, 0.15) is 0 Å². The lowest BCUT2D eigenvalue weighted by atomic mass is 10.2. The van der Waals surface area contributed by atoms with E-state index in [0.29, 0.717) is 11.4 Å². The second-order valence-electron chi connectivity index (χ2n) is 7.59. The molecule has 0 bridgehead atoms. The molecule has 1 saturated heterocycles. The zero-order chi connectivity index (χ0) is 21.7. The summed E-state index contributed by atoms with van der Waals surface area (Å²) in [6.07, 6.45) is 0. The van der Waals surface area contributed by atoms with E-state index in [1.54, 1.807) is 37.6 Å². The van der Waals surface area contributed by atoms with E-state index >= 15 is 0 Å². The number of halogens is 1. The molecule has 0 amide bonds. The third-order valence-corrected chi connectivity index (χ3v) is 8.36. The zero-order valence-corrected chi connectivity index (χ0v) is 22.4.